The van der Waals surface area contributed by atoms with Crippen LogP contribution >= 0.6 is 11.3 Å². The first-order chi connectivity index (χ1) is 17.4. The molecule has 4 rings (SSSR count). The molecule has 1 saturated heterocycles. The highest BCUT2D eigenvalue weighted by atomic mass is 32.1. The van der Waals surface area contributed by atoms with E-state index in [1.807, 2.05) is 0 Å². The van der Waals surface area contributed by atoms with Crippen LogP contribution in [0.4, 0.5) is 15.5 Å². The van der Waals surface area contributed by atoms with Gasteiger partial charge in [-0.05, 0) is 70.0 Å². The number of hydrogen-bond donors (Lipinski definition) is 3. The number of nitro benzene ring substituents is 1. The highest BCUT2D eigenvalue weighted by molar-refractivity contribution is 7.17. The lowest BCUT2D eigenvalue weighted by molar-refractivity contribution is -0.384. The van der Waals surface area contributed by atoms with Crippen LogP contribution in [0, 0.1) is 16.0 Å². The van der Waals surface area contributed by atoms with Crippen molar-refractivity contribution in [3.8, 4) is 0 Å². The van der Waals surface area contributed by atoms with E-state index in [9.17, 15) is 24.5 Å². The van der Waals surface area contributed by atoms with Crippen LogP contribution in [0.25, 0.3) is 0 Å². The van der Waals surface area contributed by atoms with Gasteiger partial charge in [0.05, 0.1) is 23.1 Å². The Bertz CT molecular complexity index is 1160. The maximum atomic E-state index is 13.5. The zero-order valence-electron chi connectivity index (χ0n) is 20.1. The number of piperidine rings is 1. The van der Waals surface area contributed by atoms with Gasteiger partial charge in [-0.1, -0.05) is 12.1 Å². The maximum absolute atomic E-state index is 13.5. The molecule has 1 aliphatic heterocycles. The number of benzene rings is 1. The smallest absolute Gasteiger partial charge is 0.341 e. The Morgan fingerprint density at radius 3 is 2.69 bits per heavy atom. The Labute approximate surface area is 212 Å². The minimum absolute atomic E-state index is 0.134. The van der Waals surface area contributed by atoms with E-state index in [4.69, 9.17) is 4.74 Å². The lowest BCUT2D eigenvalue weighted by atomic mass is 9.85. The predicted molar refractivity (Wildman–Crippen MR) is 136 cm³/mol. The van der Waals surface area contributed by atoms with Gasteiger partial charge >= 0.3 is 12.0 Å². The van der Waals surface area contributed by atoms with Crippen molar-refractivity contribution in [2.45, 2.75) is 51.5 Å². The minimum atomic E-state index is -0.866. The van der Waals surface area contributed by atoms with Crippen molar-refractivity contribution < 1.29 is 24.0 Å². The first kappa shape index (κ1) is 25.8. The number of anilines is 1. The van der Waals surface area contributed by atoms with Gasteiger partial charge in [0.2, 0.25) is 0 Å². The number of carbonyl (C=O) groups is 3. The van der Waals surface area contributed by atoms with E-state index >= 15 is 0 Å². The van der Waals surface area contributed by atoms with Crippen molar-refractivity contribution in [2.24, 2.45) is 5.92 Å². The fraction of sp³-hybridized carbons (Fsp3) is 0.480. The molecule has 2 amide bonds. The number of amides is 2. The van der Waals surface area contributed by atoms with Crippen LogP contribution in [0.1, 0.15) is 63.8 Å². The Morgan fingerprint density at radius 2 is 1.97 bits per heavy atom. The standard InChI is InChI=1S/C25H30N4O6S/c1-2-35-24(31)20-18-8-3-4-9-19(18)36-23(20)28-25(32)27-21(15-10-12-26-13-11-15)22(30)16-6-5-7-17(14-16)29(33)34/h5-7,14-15,21,26H,2-4,8-13H2,1H3,(H2,27,28,32). The first-order valence-corrected chi connectivity index (χ1v) is 13.1. The Hall–Kier alpha value is -3.31. The third-order valence-corrected chi connectivity index (χ3v) is 7.85. The number of fused-ring (bicyclic) bond motifs is 1. The number of non-ortho nitro benzene ring substituents is 1. The largest absolute Gasteiger partial charge is 0.462 e. The zero-order valence-corrected chi connectivity index (χ0v) is 20.9. The molecular weight excluding hydrogens is 484 g/mol. The number of nitrogens with one attached hydrogen (secondary N) is 3. The number of aryl methyl sites for hydroxylation is 1. The maximum Gasteiger partial charge on any atom is 0.341 e. The summed E-state index contributed by atoms with van der Waals surface area (Å²) < 4.78 is 5.26. The third-order valence-electron chi connectivity index (χ3n) is 6.64. The number of ether oxygens (including phenoxy) is 1. The van der Waals surface area contributed by atoms with Gasteiger partial charge in [0.1, 0.15) is 5.00 Å². The van der Waals surface area contributed by atoms with Gasteiger partial charge in [0.15, 0.2) is 5.78 Å². The normalized spacial score (nSPS) is 16.5. The van der Waals surface area contributed by atoms with Gasteiger partial charge in [-0.2, -0.15) is 0 Å². The van der Waals surface area contributed by atoms with E-state index in [2.05, 4.69) is 16.0 Å². The molecule has 1 atom stereocenters. The zero-order chi connectivity index (χ0) is 25.7. The van der Waals surface area contributed by atoms with Crippen LogP contribution in [0.3, 0.4) is 0 Å². The Kier molecular flexibility index (Phi) is 8.32. The van der Waals surface area contributed by atoms with Crippen LogP contribution in [-0.2, 0) is 17.6 Å². The number of carbonyl (C=O) groups excluding carboxylic acids is 3. The molecule has 11 heteroatoms. The van der Waals surface area contributed by atoms with E-state index in [-0.39, 0.29) is 29.6 Å². The van der Waals surface area contributed by atoms with Crippen LogP contribution < -0.4 is 16.0 Å². The summed E-state index contributed by atoms with van der Waals surface area (Å²) in [6, 6.07) is 4.09. The predicted octanol–water partition coefficient (Wildman–Crippen LogP) is 4.08. The summed E-state index contributed by atoms with van der Waals surface area (Å²) >= 11 is 1.37. The van der Waals surface area contributed by atoms with Gasteiger partial charge in [-0.25, -0.2) is 9.59 Å². The van der Waals surface area contributed by atoms with E-state index in [1.54, 1.807) is 6.92 Å². The summed E-state index contributed by atoms with van der Waals surface area (Å²) in [4.78, 5) is 51.1. The molecule has 1 aromatic carbocycles. The topological polar surface area (TPSA) is 140 Å². The molecule has 10 nitrogen and oxygen atoms in total. The molecule has 1 aromatic heterocycles. The molecule has 3 N–H and O–H groups in total. The molecule has 1 aliphatic carbocycles. The summed E-state index contributed by atoms with van der Waals surface area (Å²) in [6.07, 6.45) is 4.94. The number of ketones is 1. The molecule has 0 bridgehead atoms. The monoisotopic (exact) mass is 514 g/mol. The van der Waals surface area contributed by atoms with Crippen LogP contribution in [-0.4, -0.2) is 48.4 Å². The molecule has 2 aliphatic rings. The molecule has 36 heavy (non-hydrogen) atoms. The van der Waals surface area contributed by atoms with E-state index < -0.39 is 23.0 Å². The van der Waals surface area contributed by atoms with Crippen LogP contribution in [0.5, 0.6) is 0 Å². The second-order valence-corrected chi connectivity index (χ2v) is 10.1. The second kappa shape index (κ2) is 11.6. The van der Waals surface area contributed by atoms with Crippen molar-refractivity contribution >= 4 is 39.8 Å². The van der Waals surface area contributed by atoms with Gasteiger partial charge in [-0.15, -0.1) is 11.3 Å². The quantitative estimate of drug-likeness (QED) is 0.209. The molecule has 2 heterocycles. The summed E-state index contributed by atoms with van der Waals surface area (Å²) in [5, 5.41) is 20.5. The number of nitro groups is 1. The lowest BCUT2D eigenvalue weighted by Gasteiger charge is -2.30. The van der Waals surface area contributed by atoms with Crippen molar-refractivity contribution in [1.82, 2.24) is 10.6 Å². The average Bonchev–Trinajstić information content (AvgIpc) is 3.25. The van der Waals surface area contributed by atoms with E-state index in [1.165, 1.54) is 35.6 Å². The van der Waals surface area contributed by atoms with Crippen molar-refractivity contribution in [1.29, 1.82) is 0 Å². The van der Waals surface area contributed by atoms with Crippen LogP contribution in [0.2, 0.25) is 0 Å². The molecular formula is C25H30N4O6S. The summed E-state index contributed by atoms with van der Waals surface area (Å²) in [5.74, 6) is -0.976. The highest BCUT2D eigenvalue weighted by Crippen LogP contribution is 2.38. The molecule has 0 saturated carbocycles. The van der Waals surface area contributed by atoms with E-state index in [0.717, 1.165) is 36.1 Å². The van der Waals surface area contributed by atoms with E-state index in [0.29, 0.717) is 36.5 Å². The molecule has 1 unspecified atom stereocenters. The average molecular weight is 515 g/mol. The van der Waals surface area contributed by atoms with Gasteiger partial charge in [-0.3, -0.25) is 20.2 Å². The SMILES string of the molecule is CCOC(=O)c1c(NC(=O)NC(C(=O)c2cccc([N+](=O)[O-])c2)C2CCNCC2)sc2c1CCCC2. The molecule has 0 spiro atoms. The summed E-state index contributed by atoms with van der Waals surface area (Å²) in [5.41, 5.74) is 1.32. The molecule has 0 radical (unpaired) electrons. The van der Waals surface area contributed by atoms with Gasteiger partial charge in [0, 0.05) is 22.6 Å². The van der Waals surface area contributed by atoms with Crippen molar-refractivity contribution in [2.75, 3.05) is 25.0 Å². The number of Topliss-reactive ketones (excluding diaryl/α,β-unsaturated/α-hetero) is 1. The van der Waals surface area contributed by atoms with Crippen LogP contribution in [0.15, 0.2) is 24.3 Å². The number of esters is 1. The van der Waals surface area contributed by atoms with Crippen molar-refractivity contribution in [3.05, 3.63) is 55.9 Å². The molecule has 192 valence electrons. The van der Waals surface area contributed by atoms with Crippen molar-refractivity contribution in [3.63, 3.8) is 0 Å². The second-order valence-electron chi connectivity index (χ2n) is 8.97. The molecule has 1 fully saturated rings. The first-order valence-electron chi connectivity index (χ1n) is 12.3. The van der Waals surface area contributed by atoms with Gasteiger partial charge in [0.25, 0.3) is 5.69 Å². The highest BCUT2D eigenvalue weighted by Gasteiger charge is 2.33. The lowest BCUT2D eigenvalue weighted by Crippen LogP contribution is -2.50. The number of thiophene rings is 1. The Balaban J connectivity index is 1.58. The summed E-state index contributed by atoms with van der Waals surface area (Å²) in [7, 11) is 0. The number of nitrogens with zero attached hydrogens (tertiary/aromatic N) is 1. The fourth-order valence-corrected chi connectivity index (χ4v) is 6.15. The molecule has 2 aromatic rings. The van der Waals surface area contributed by atoms with Gasteiger partial charge < -0.3 is 15.4 Å². The fourth-order valence-electron chi connectivity index (χ4n) is 4.88. The third kappa shape index (κ3) is 5.73. The minimum Gasteiger partial charge on any atom is -0.462 e. The Morgan fingerprint density at radius 1 is 1.22 bits per heavy atom. The number of urea groups is 1. The summed E-state index contributed by atoms with van der Waals surface area (Å²) in [6.45, 7) is 3.37. The number of rotatable bonds is 8. The number of hydrogen-bond acceptors (Lipinski definition) is 8.